The van der Waals surface area contributed by atoms with Gasteiger partial charge in [0.1, 0.15) is 11.9 Å². The summed E-state index contributed by atoms with van der Waals surface area (Å²) in [6.45, 7) is 4.02. The number of carbonyl (C=O) groups is 1. The minimum atomic E-state index is -0.501. The van der Waals surface area contributed by atoms with Crippen LogP contribution >= 0.6 is 0 Å². The third-order valence-corrected chi connectivity index (χ3v) is 4.28. The summed E-state index contributed by atoms with van der Waals surface area (Å²) in [7, 11) is 0. The first-order valence-corrected chi connectivity index (χ1v) is 7.88. The van der Waals surface area contributed by atoms with E-state index in [-0.39, 0.29) is 17.6 Å². The van der Waals surface area contributed by atoms with Gasteiger partial charge in [0.25, 0.3) is 0 Å². The Balaban J connectivity index is 1.72. The molecule has 0 saturated heterocycles. The predicted molar refractivity (Wildman–Crippen MR) is 81.8 cm³/mol. The quantitative estimate of drug-likeness (QED) is 0.858. The van der Waals surface area contributed by atoms with Crippen LogP contribution < -0.4 is 5.73 Å². The van der Waals surface area contributed by atoms with Crippen molar-refractivity contribution in [2.45, 2.75) is 58.6 Å². The van der Waals surface area contributed by atoms with Gasteiger partial charge in [-0.25, -0.2) is 9.48 Å². The summed E-state index contributed by atoms with van der Waals surface area (Å²) in [5, 5.41) is 11.7. The maximum absolute atomic E-state index is 12.2. The highest BCUT2D eigenvalue weighted by atomic mass is 16.5. The Morgan fingerprint density at radius 1 is 1.35 bits per heavy atom. The molecule has 0 amide bonds. The number of hydrogen-bond acceptors (Lipinski definition) is 7. The third-order valence-electron chi connectivity index (χ3n) is 4.28. The first-order valence-electron chi connectivity index (χ1n) is 7.88. The lowest BCUT2D eigenvalue weighted by molar-refractivity contribution is 0.0205. The number of carbonyl (C=O) groups excluding carboxylic acids is 1. The largest absolute Gasteiger partial charge is 0.458 e. The van der Waals surface area contributed by atoms with E-state index in [4.69, 9.17) is 15.0 Å². The van der Waals surface area contributed by atoms with Crippen LogP contribution in [0.4, 0.5) is 5.82 Å². The molecule has 0 spiro atoms. The number of anilines is 1. The van der Waals surface area contributed by atoms with Crippen LogP contribution in [-0.4, -0.2) is 32.2 Å². The van der Waals surface area contributed by atoms with Gasteiger partial charge in [-0.3, -0.25) is 0 Å². The maximum Gasteiger partial charge on any atom is 0.363 e. The number of ether oxygens (including phenoxy) is 1. The predicted octanol–water partition coefficient (Wildman–Crippen LogP) is 2.00. The Labute approximate surface area is 134 Å². The summed E-state index contributed by atoms with van der Waals surface area (Å²) in [5.74, 6) is 0.397. The molecular formula is C15H21N5O3. The molecule has 0 aromatic carbocycles. The fraction of sp³-hybridized carbons (Fsp3) is 0.600. The summed E-state index contributed by atoms with van der Waals surface area (Å²) in [5.41, 5.74) is 7.73. The number of nitrogens with two attached hydrogens (primary N) is 1. The first-order chi connectivity index (χ1) is 11.1. The normalized spacial score (nSPS) is 15.7. The molecular weight excluding hydrogens is 298 g/mol. The summed E-state index contributed by atoms with van der Waals surface area (Å²) in [4.78, 5) is 12.2. The van der Waals surface area contributed by atoms with Crippen molar-refractivity contribution in [2.75, 3.05) is 5.73 Å². The monoisotopic (exact) mass is 319 g/mol. The Kier molecular flexibility index (Phi) is 4.31. The van der Waals surface area contributed by atoms with Crippen LogP contribution in [0.1, 0.15) is 59.6 Å². The number of nitrogens with zero attached hydrogens (tertiary/aromatic N) is 4. The molecule has 2 N–H and O–H groups in total. The molecule has 2 aromatic rings. The number of rotatable bonds is 4. The molecule has 2 aromatic heterocycles. The van der Waals surface area contributed by atoms with Gasteiger partial charge in [0.2, 0.25) is 5.69 Å². The van der Waals surface area contributed by atoms with Crippen molar-refractivity contribution in [3.05, 3.63) is 22.7 Å². The Bertz CT molecular complexity index is 681. The first kappa shape index (κ1) is 15.5. The number of esters is 1. The van der Waals surface area contributed by atoms with Crippen molar-refractivity contribution in [1.82, 2.24) is 20.2 Å². The van der Waals surface area contributed by atoms with Gasteiger partial charge in [0, 0.05) is 5.56 Å². The molecule has 1 fully saturated rings. The summed E-state index contributed by atoms with van der Waals surface area (Å²) in [6.07, 6.45) is 5.14. The number of hydrogen-bond donors (Lipinski definition) is 1. The molecule has 124 valence electrons. The average Bonchev–Trinajstić information content (AvgIpc) is 3.06. The third kappa shape index (κ3) is 3.20. The topological polar surface area (TPSA) is 109 Å². The second kappa shape index (κ2) is 6.39. The van der Waals surface area contributed by atoms with Crippen LogP contribution in [0.3, 0.4) is 0 Å². The van der Waals surface area contributed by atoms with E-state index < -0.39 is 5.97 Å². The van der Waals surface area contributed by atoms with Crippen molar-refractivity contribution in [2.24, 2.45) is 0 Å². The summed E-state index contributed by atoms with van der Waals surface area (Å²) in [6, 6.07) is 0. The molecule has 1 saturated carbocycles. The van der Waals surface area contributed by atoms with Crippen molar-refractivity contribution in [3.8, 4) is 0 Å². The molecule has 2 heterocycles. The van der Waals surface area contributed by atoms with E-state index >= 15 is 0 Å². The van der Waals surface area contributed by atoms with Crippen LogP contribution in [0.15, 0.2) is 4.52 Å². The van der Waals surface area contributed by atoms with E-state index in [1.165, 1.54) is 11.1 Å². The van der Waals surface area contributed by atoms with Crippen molar-refractivity contribution in [1.29, 1.82) is 0 Å². The van der Waals surface area contributed by atoms with Crippen molar-refractivity contribution < 1.29 is 14.1 Å². The van der Waals surface area contributed by atoms with E-state index in [1.54, 1.807) is 0 Å². The van der Waals surface area contributed by atoms with Gasteiger partial charge in [-0.15, -0.1) is 5.10 Å². The standard InChI is InChI=1S/C15H21N5O3/c1-9-12(10(2)23-18-9)8-20-14(16)13(17-19-20)15(21)22-11-6-4-3-5-7-11/h11H,3-8,16H2,1-2H3. The highest BCUT2D eigenvalue weighted by Crippen LogP contribution is 2.22. The molecule has 1 aliphatic rings. The summed E-state index contributed by atoms with van der Waals surface area (Å²) >= 11 is 0. The van der Waals surface area contributed by atoms with E-state index in [0.29, 0.717) is 12.3 Å². The molecule has 1 aliphatic carbocycles. The number of nitrogen functional groups attached to an aromatic ring is 1. The van der Waals surface area contributed by atoms with Gasteiger partial charge in [-0.1, -0.05) is 16.8 Å². The lowest BCUT2D eigenvalue weighted by Gasteiger charge is -2.21. The van der Waals surface area contributed by atoms with Crippen LogP contribution in [-0.2, 0) is 11.3 Å². The van der Waals surface area contributed by atoms with E-state index in [0.717, 1.165) is 36.9 Å². The molecule has 0 atom stereocenters. The van der Waals surface area contributed by atoms with Crippen molar-refractivity contribution >= 4 is 11.8 Å². The van der Waals surface area contributed by atoms with Crippen LogP contribution in [0, 0.1) is 13.8 Å². The molecule has 0 radical (unpaired) electrons. The minimum absolute atomic E-state index is 0.0386. The number of aryl methyl sites for hydroxylation is 2. The van der Waals surface area contributed by atoms with Gasteiger partial charge < -0.3 is 15.0 Å². The van der Waals surface area contributed by atoms with Gasteiger partial charge >= 0.3 is 5.97 Å². The summed E-state index contributed by atoms with van der Waals surface area (Å²) < 4.78 is 12.1. The van der Waals surface area contributed by atoms with Gasteiger partial charge in [-0.05, 0) is 39.5 Å². The minimum Gasteiger partial charge on any atom is -0.458 e. The molecule has 0 bridgehead atoms. The zero-order valence-electron chi connectivity index (χ0n) is 13.4. The van der Waals surface area contributed by atoms with Crippen LogP contribution in [0.5, 0.6) is 0 Å². The Morgan fingerprint density at radius 3 is 2.74 bits per heavy atom. The molecule has 23 heavy (non-hydrogen) atoms. The smallest absolute Gasteiger partial charge is 0.363 e. The lowest BCUT2D eigenvalue weighted by atomic mass is 9.98. The van der Waals surface area contributed by atoms with E-state index in [9.17, 15) is 4.79 Å². The van der Waals surface area contributed by atoms with E-state index in [1.807, 2.05) is 13.8 Å². The van der Waals surface area contributed by atoms with Crippen LogP contribution in [0.2, 0.25) is 0 Å². The van der Waals surface area contributed by atoms with E-state index in [2.05, 4.69) is 15.5 Å². The molecule has 0 aliphatic heterocycles. The van der Waals surface area contributed by atoms with Gasteiger partial charge in [0.15, 0.2) is 5.82 Å². The molecule has 3 rings (SSSR count). The second-order valence-electron chi connectivity index (χ2n) is 5.95. The lowest BCUT2D eigenvalue weighted by Crippen LogP contribution is -2.22. The highest BCUT2D eigenvalue weighted by Gasteiger charge is 2.24. The Morgan fingerprint density at radius 2 is 2.09 bits per heavy atom. The van der Waals surface area contributed by atoms with Gasteiger partial charge in [0.05, 0.1) is 12.2 Å². The number of aromatic nitrogens is 4. The maximum atomic E-state index is 12.2. The SMILES string of the molecule is Cc1noc(C)c1Cn1nnc(C(=O)OC2CCCCC2)c1N. The fourth-order valence-corrected chi connectivity index (χ4v) is 2.85. The zero-order valence-corrected chi connectivity index (χ0v) is 13.4. The zero-order chi connectivity index (χ0) is 16.4. The second-order valence-corrected chi connectivity index (χ2v) is 5.95. The molecule has 8 heteroatoms. The highest BCUT2D eigenvalue weighted by molar-refractivity contribution is 5.91. The van der Waals surface area contributed by atoms with Gasteiger partial charge in [-0.2, -0.15) is 0 Å². The van der Waals surface area contributed by atoms with Crippen molar-refractivity contribution in [3.63, 3.8) is 0 Å². The Hall–Kier alpha value is -2.38. The molecule has 0 unspecified atom stereocenters. The average molecular weight is 319 g/mol. The van der Waals surface area contributed by atoms with Crippen LogP contribution in [0.25, 0.3) is 0 Å². The molecule has 8 nitrogen and oxygen atoms in total. The fourth-order valence-electron chi connectivity index (χ4n) is 2.85.